The molecule has 2 aliphatic heterocycles. The molecule has 1 aromatic carbocycles. The van der Waals surface area contributed by atoms with Gasteiger partial charge in [0, 0.05) is 31.1 Å². The first-order valence-electron chi connectivity index (χ1n) is 8.97. The van der Waals surface area contributed by atoms with E-state index in [9.17, 15) is 4.79 Å². The molecule has 0 bridgehead atoms. The summed E-state index contributed by atoms with van der Waals surface area (Å²) in [6, 6.07) is 8.24. The fraction of sp³-hybridized carbons (Fsp3) is 0.632. The number of amides is 1. The maximum absolute atomic E-state index is 12.1. The first-order chi connectivity index (χ1) is 11.2. The number of carbonyl (C=O) groups excluding carboxylic acids is 1. The van der Waals surface area contributed by atoms with Gasteiger partial charge >= 0.3 is 0 Å². The van der Waals surface area contributed by atoms with E-state index >= 15 is 0 Å². The van der Waals surface area contributed by atoms with Gasteiger partial charge in [-0.2, -0.15) is 0 Å². The average Bonchev–Trinajstić information content (AvgIpc) is 2.57. The Balaban J connectivity index is 1.49. The topological polar surface area (TPSA) is 41.6 Å². The van der Waals surface area contributed by atoms with Gasteiger partial charge in [0.15, 0.2) is 0 Å². The molecule has 23 heavy (non-hydrogen) atoms. The Morgan fingerprint density at radius 1 is 1.17 bits per heavy atom. The van der Waals surface area contributed by atoms with Gasteiger partial charge in [0.25, 0.3) is 0 Å². The number of carbonyl (C=O) groups is 1. The second-order valence-corrected chi connectivity index (χ2v) is 6.96. The molecule has 0 aliphatic carbocycles. The monoisotopic (exact) mass is 316 g/mol. The van der Waals surface area contributed by atoms with Crippen LogP contribution in [0.5, 0.6) is 0 Å². The molecular formula is C19H28N2O2. The second-order valence-electron chi connectivity index (χ2n) is 6.96. The van der Waals surface area contributed by atoms with E-state index in [4.69, 9.17) is 4.74 Å². The van der Waals surface area contributed by atoms with Gasteiger partial charge in [-0.05, 0) is 62.3 Å². The molecule has 2 fully saturated rings. The van der Waals surface area contributed by atoms with Crippen LogP contribution in [0.4, 0.5) is 11.4 Å². The minimum absolute atomic E-state index is 0.0523. The maximum atomic E-state index is 12.1. The Labute approximate surface area is 139 Å². The summed E-state index contributed by atoms with van der Waals surface area (Å²) in [5, 5.41) is 2.99. The lowest BCUT2D eigenvalue weighted by molar-refractivity contribution is -0.119. The first-order valence-corrected chi connectivity index (χ1v) is 8.97. The Morgan fingerprint density at radius 3 is 2.57 bits per heavy atom. The van der Waals surface area contributed by atoms with E-state index in [1.54, 1.807) is 0 Å². The van der Waals surface area contributed by atoms with Crippen LogP contribution >= 0.6 is 0 Å². The molecule has 1 unspecified atom stereocenters. The highest BCUT2D eigenvalue weighted by Crippen LogP contribution is 2.24. The Hall–Kier alpha value is -1.55. The molecule has 0 saturated carbocycles. The van der Waals surface area contributed by atoms with Crippen LogP contribution in [-0.2, 0) is 9.53 Å². The van der Waals surface area contributed by atoms with Crippen molar-refractivity contribution >= 4 is 17.3 Å². The molecule has 2 aliphatic rings. The third-order valence-electron chi connectivity index (χ3n) is 4.99. The van der Waals surface area contributed by atoms with Crippen LogP contribution in [0, 0.1) is 5.92 Å². The summed E-state index contributed by atoms with van der Waals surface area (Å²) in [7, 11) is 0. The minimum Gasteiger partial charge on any atom is -0.378 e. The molecule has 4 nitrogen and oxygen atoms in total. The third kappa shape index (κ3) is 4.71. The first kappa shape index (κ1) is 16.3. The summed E-state index contributed by atoms with van der Waals surface area (Å²) in [5.74, 6) is 0.892. The van der Waals surface area contributed by atoms with Gasteiger partial charge in [-0.1, -0.05) is 6.92 Å². The molecule has 0 radical (unpaired) electrons. The van der Waals surface area contributed by atoms with E-state index in [1.807, 2.05) is 12.1 Å². The summed E-state index contributed by atoms with van der Waals surface area (Å²) in [5.41, 5.74) is 2.13. The number of ether oxygens (including phenoxy) is 1. The molecule has 1 atom stereocenters. The van der Waals surface area contributed by atoms with Crippen molar-refractivity contribution in [3.8, 4) is 0 Å². The van der Waals surface area contributed by atoms with Gasteiger partial charge in [-0.15, -0.1) is 0 Å². The molecule has 0 aromatic heterocycles. The van der Waals surface area contributed by atoms with Crippen LogP contribution in [0.1, 0.15) is 45.4 Å². The quantitative estimate of drug-likeness (QED) is 0.918. The van der Waals surface area contributed by atoms with Crippen LogP contribution in [-0.4, -0.2) is 31.7 Å². The number of hydrogen-bond donors (Lipinski definition) is 1. The van der Waals surface area contributed by atoms with Gasteiger partial charge in [-0.3, -0.25) is 4.79 Å². The summed E-state index contributed by atoms with van der Waals surface area (Å²) < 4.78 is 5.63. The number of benzene rings is 1. The van der Waals surface area contributed by atoms with Crippen LogP contribution in [0.2, 0.25) is 0 Å². The van der Waals surface area contributed by atoms with Crippen molar-refractivity contribution < 1.29 is 9.53 Å². The summed E-state index contributed by atoms with van der Waals surface area (Å²) in [6.07, 6.45) is 6.37. The maximum Gasteiger partial charge on any atom is 0.226 e. The van der Waals surface area contributed by atoms with Crippen molar-refractivity contribution in [3.05, 3.63) is 24.3 Å². The largest absolute Gasteiger partial charge is 0.378 e. The highest BCUT2D eigenvalue weighted by molar-refractivity contribution is 5.91. The SMILES string of the molecule is CC1CCN(c2ccc(NC(=O)CC3CCCCO3)cc2)CC1. The minimum atomic E-state index is 0.0523. The second kappa shape index (κ2) is 7.82. The van der Waals surface area contributed by atoms with Crippen molar-refractivity contribution in [2.75, 3.05) is 29.9 Å². The molecule has 2 saturated heterocycles. The standard InChI is InChI=1S/C19H28N2O2/c1-15-9-11-21(12-10-15)17-7-5-16(6-8-17)20-19(22)14-18-4-2-3-13-23-18/h5-8,15,18H,2-4,9-14H2,1H3,(H,20,22). The lowest BCUT2D eigenvalue weighted by Crippen LogP contribution is -2.32. The number of nitrogens with zero attached hydrogens (tertiary/aromatic N) is 1. The van der Waals surface area contributed by atoms with E-state index in [-0.39, 0.29) is 12.0 Å². The number of rotatable bonds is 4. The summed E-state index contributed by atoms with van der Waals surface area (Å²) in [6.45, 7) is 5.38. The van der Waals surface area contributed by atoms with Crippen LogP contribution in [0.3, 0.4) is 0 Å². The van der Waals surface area contributed by atoms with Crippen LogP contribution in [0.15, 0.2) is 24.3 Å². The van der Waals surface area contributed by atoms with Crippen molar-refractivity contribution in [1.82, 2.24) is 0 Å². The van der Waals surface area contributed by atoms with Crippen molar-refractivity contribution in [1.29, 1.82) is 0 Å². The van der Waals surface area contributed by atoms with Gasteiger partial charge in [0.2, 0.25) is 5.91 Å². The van der Waals surface area contributed by atoms with E-state index in [0.717, 1.165) is 44.1 Å². The highest BCUT2D eigenvalue weighted by atomic mass is 16.5. The molecule has 1 N–H and O–H groups in total. The zero-order valence-electron chi connectivity index (χ0n) is 14.1. The smallest absolute Gasteiger partial charge is 0.226 e. The third-order valence-corrected chi connectivity index (χ3v) is 4.99. The Kier molecular flexibility index (Phi) is 5.55. The highest BCUT2D eigenvalue weighted by Gasteiger charge is 2.18. The van der Waals surface area contributed by atoms with E-state index in [2.05, 4.69) is 29.3 Å². The predicted octanol–water partition coefficient (Wildman–Crippen LogP) is 3.82. The average molecular weight is 316 g/mol. The predicted molar refractivity (Wildman–Crippen MR) is 93.9 cm³/mol. The zero-order chi connectivity index (χ0) is 16.1. The lowest BCUT2D eigenvalue weighted by atomic mass is 9.99. The van der Waals surface area contributed by atoms with E-state index in [0.29, 0.717) is 6.42 Å². The normalized spacial score (nSPS) is 22.8. The number of hydrogen-bond acceptors (Lipinski definition) is 3. The van der Waals surface area contributed by atoms with Crippen molar-refractivity contribution in [3.63, 3.8) is 0 Å². The molecular weight excluding hydrogens is 288 g/mol. The Morgan fingerprint density at radius 2 is 1.91 bits per heavy atom. The van der Waals surface area contributed by atoms with E-state index in [1.165, 1.54) is 24.9 Å². The zero-order valence-corrected chi connectivity index (χ0v) is 14.1. The van der Waals surface area contributed by atoms with Crippen LogP contribution < -0.4 is 10.2 Å². The van der Waals surface area contributed by atoms with Gasteiger partial charge < -0.3 is 15.0 Å². The van der Waals surface area contributed by atoms with Crippen molar-refractivity contribution in [2.45, 2.75) is 51.6 Å². The molecule has 126 valence electrons. The van der Waals surface area contributed by atoms with Gasteiger partial charge in [-0.25, -0.2) is 0 Å². The molecule has 2 heterocycles. The Bertz CT molecular complexity index is 501. The van der Waals surface area contributed by atoms with Gasteiger partial charge in [0.1, 0.15) is 0 Å². The van der Waals surface area contributed by atoms with Crippen molar-refractivity contribution in [2.24, 2.45) is 5.92 Å². The molecule has 3 rings (SSSR count). The number of piperidine rings is 1. The molecule has 4 heteroatoms. The fourth-order valence-electron chi connectivity index (χ4n) is 3.41. The number of nitrogens with one attached hydrogen (secondary N) is 1. The van der Waals surface area contributed by atoms with Gasteiger partial charge in [0.05, 0.1) is 12.5 Å². The van der Waals surface area contributed by atoms with Crippen LogP contribution in [0.25, 0.3) is 0 Å². The molecule has 1 aromatic rings. The molecule has 0 spiro atoms. The van der Waals surface area contributed by atoms with E-state index < -0.39 is 0 Å². The fourth-order valence-corrected chi connectivity index (χ4v) is 3.41. The molecule has 1 amide bonds. The lowest BCUT2D eigenvalue weighted by Gasteiger charge is -2.32. The number of anilines is 2. The summed E-state index contributed by atoms with van der Waals surface area (Å²) >= 11 is 0. The summed E-state index contributed by atoms with van der Waals surface area (Å²) in [4.78, 5) is 14.5.